The Kier molecular flexibility index (Phi) is 6.30. The number of hydrogen-bond acceptors (Lipinski definition) is 6. The van der Waals surface area contributed by atoms with E-state index in [1.54, 1.807) is 17.6 Å². The minimum atomic E-state index is -0.0117. The van der Waals surface area contributed by atoms with Crippen LogP contribution in [0.15, 0.2) is 53.3 Å². The molecular formula is C23H28N4O3. The van der Waals surface area contributed by atoms with Crippen LogP contribution in [0.2, 0.25) is 0 Å². The molecule has 0 saturated carbocycles. The number of fused-ring (bicyclic) bond motifs is 1. The highest BCUT2D eigenvalue weighted by molar-refractivity contribution is 5.40. The highest BCUT2D eigenvalue weighted by atomic mass is 16.5. The first-order valence-corrected chi connectivity index (χ1v) is 10.3. The molecule has 0 atom stereocenters. The van der Waals surface area contributed by atoms with E-state index in [0.29, 0.717) is 18.8 Å². The fourth-order valence-corrected chi connectivity index (χ4v) is 3.81. The first-order valence-electron chi connectivity index (χ1n) is 10.3. The van der Waals surface area contributed by atoms with Gasteiger partial charge < -0.3 is 9.47 Å². The molecule has 2 aromatic heterocycles. The molecule has 158 valence electrons. The standard InChI is InChI=1S/C23H28N4O3/c1-18-4-3-5-22-24-19(16-23(28)27(18)22)17-26-12-10-25(11-13-26)14-15-30-21-8-6-20(29-2)7-9-21/h3-9,16H,10-15,17H2,1-2H3. The summed E-state index contributed by atoms with van der Waals surface area (Å²) in [6, 6.07) is 15.1. The molecule has 1 saturated heterocycles. The van der Waals surface area contributed by atoms with Gasteiger partial charge in [0.15, 0.2) is 0 Å². The second kappa shape index (κ2) is 9.28. The Morgan fingerprint density at radius 2 is 1.67 bits per heavy atom. The molecule has 1 aromatic carbocycles. The highest BCUT2D eigenvalue weighted by Gasteiger charge is 2.18. The number of hydrogen-bond donors (Lipinski definition) is 0. The van der Waals surface area contributed by atoms with E-state index in [4.69, 9.17) is 9.47 Å². The van der Waals surface area contributed by atoms with Crippen LogP contribution in [-0.4, -0.2) is 65.6 Å². The van der Waals surface area contributed by atoms with Crippen LogP contribution in [0.25, 0.3) is 5.65 Å². The van der Waals surface area contributed by atoms with Crippen LogP contribution >= 0.6 is 0 Å². The van der Waals surface area contributed by atoms with Crippen LogP contribution < -0.4 is 15.0 Å². The van der Waals surface area contributed by atoms with Gasteiger partial charge in [0, 0.05) is 51.0 Å². The van der Waals surface area contributed by atoms with Gasteiger partial charge in [-0.25, -0.2) is 4.98 Å². The number of piperazine rings is 1. The van der Waals surface area contributed by atoms with Crippen LogP contribution in [-0.2, 0) is 6.54 Å². The maximum atomic E-state index is 12.5. The molecule has 1 aliphatic heterocycles. The second-order valence-corrected chi connectivity index (χ2v) is 7.59. The molecule has 3 aromatic rings. The van der Waals surface area contributed by atoms with Crippen molar-refractivity contribution in [3.05, 3.63) is 70.3 Å². The maximum absolute atomic E-state index is 12.5. The fraction of sp³-hybridized carbons (Fsp3) is 0.391. The number of rotatable bonds is 7. The summed E-state index contributed by atoms with van der Waals surface area (Å²) < 4.78 is 12.7. The molecule has 0 aliphatic carbocycles. The summed E-state index contributed by atoms with van der Waals surface area (Å²) in [5, 5.41) is 0. The maximum Gasteiger partial charge on any atom is 0.258 e. The number of aryl methyl sites for hydroxylation is 1. The van der Waals surface area contributed by atoms with E-state index >= 15 is 0 Å². The van der Waals surface area contributed by atoms with E-state index in [9.17, 15) is 4.79 Å². The summed E-state index contributed by atoms with van der Waals surface area (Å²) in [6.07, 6.45) is 0. The quantitative estimate of drug-likeness (QED) is 0.598. The molecule has 0 amide bonds. The fourth-order valence-electron chi connectivity index (χ4n) is 3.81. The minimum Gasteiger partial charge on any atom is -0.497 e. The Bertz CT molecular complexity index is 1040. The van der Waals surface area contributed by atoms with Crippen molar-refractivity contribution in [2.24, 2.45) is 0 Å². The van der Waals surface area contributed by atoms with E-state index in [-0.39, 0.29) is 5.56 Å². The number of ether oxygens (including phenoxy) is 2. The van der Waals surface area contributed by atoms with Crippen molar-refractivity contribution in [2.75, 3.05) is 46.4 Å². The van der Waals surface area contributed by atoms with Crippen molar-refractivity contribution >= 4 is 5.65 Å². The molecule has 0 bridgehead atoms. The summed E-state index contributed by atoms with van der Waals surface area (Å²) in [6.45, 7) is 8.07. The van der Waals surface area contributed by atoms with Crippen molar-refractivity contribution in [1.29, 1.82) is 0 Å². The van der Waals surface area contributed by atoms with Gasteiger partial charge in [0.1, 0.15) is 23.8 Å². The van der Waals surface area contributed by atoms with E-state index in [2.05, 4.69) is 14.8 Å². The van der Waals surface area contributed by atoms with Gasteiger partial charge >= 0.3 is 0 Å². The van der Waals surface area contributed by atoms with Gasteiger partial charge in [-0.3, -0.25) is 19.0 Å². The molecule has 0 radical (unpaired) electrons. The van der Waals surface area contributed by atoms with Gasteiger partial charge in [0.2, 0.25) is 0 Å². The topological polar surface area (TPSA) is 59.3 Å². The zero-order valence-corrected chi connectivity index (χ0v) is 17.6. The highest BCUT2D eigenvalue weighted by Crippen LogP contribution is 2.17. The largest absolute Gasteiger partial charge is 0.497 e. The summed E-state index contributed by atoms with van der Waals surface area (Å²) in [7, 11) is 1.66. The van der Waals surface area contributed by atoms with Crippen LogP contribution in [0.3, 0.4) is 0 Å². The van der Waals surface area contributed by atoms with E-state index in [1.165, 1.54) is 0 Å². The molecule has 1 fully saturated rings. The Morgan fingerprint density at radius 3 is 2.40 bits per heavy atom. The average Bonchev–Trinajstić information content (AvgIpc) is 2.75. The van der Waals surface area contributed by atoms with Gasteiger partial charge in [0.25, 0.3) is 5.56 Å². The number of methoxy groups -OCH3 is 1. The van der Waals surface area contributed by atoms with Crippen molar-refractivity contribution in [3.8, 4) is 11.5 Å². The van der Waals surface area contributed by atoms with Crippen LogP contribution in [0.1, 0.15) is 11.4 Å². The van der Waals surface area contributed by atoms with Crippen molar-refractivity contribution in [2.45, 2.75) is 13.5 Å². The zero-order valence-electron chi connectivity index (χ0n) is 17.6. The molecular weight excluding hydrogens is 380 g/mol. The van der Waals surface area contributed by atoms with E-state index in [1.807, 2.05) is 49.4 Å². The van der Waals surface area contributed by atoms with Gasteiger partial charge in [0.05, 0.1) is 12.8 Å². The third-order valence-corrected chi connectivity index (χ3v) is 5.52. The van der Waals surface area contributed by atoms with Gasteiger partial charge in [-0.1, -0.05) is 6.07 Å². The molecule has 0 N–H and O–H groups in total. The third-order valence-electron chi connectivity index (χ3n) is 5.52. The minimum absolute atomic E-state index is 0.0117. The van der Waals surface area contributed by atoms with E-state index < -0.39 is 0 Å². The van der Waals surface area contributed by atoms with Crippen molar-refractivity contribution in [3.63, 3.8) is 0 Å². The van der Waals surface area contributed by atoms with Crippen LogP contribution in [0.5, 0.6) is 11.5 Å². The second-order valence-electron chi connectivity index (χ2n) is 7.59. The number of nitrogens with zero attached hydrogens (tertiary/aromatic N) is 4. The Morgan fingerprint density at radius 1 is 0.967 bits per heavy atom. The summed E-state index contributed by atoms with van der Waals surface area (Å²) in [5.41, 5.74) is 2.44. The van der Waals surface area contributed by atoms with Gasteiger partial charge in [-0.05, 0) is 43.3 Å². The van der Waals surface area contributed by atoms with E-state index in [0.717, 1.165) is 55.6 Å². The van der Waals surface area contributed by atoms with Crippen molar-refractivity contribution < 1.29 is 9.47 Å². The lowest BCUT2D eigenvalue weighted by molar-refractivity contribution is 0.111. The summed E-state index contributed by atoms with van der Waals surface area (Å²) in [4.78, 5) is 21.9. The molecule has 30 heavy (non-hydrogen) atoms. The first-order chi connectivity index (χ1) is 14.6. The zero-order chi connectivity index (χ0) is 20.9. The van der Waals surface area contributed by atoms with Crippen LogP contribution in [0.4, 0.5) is 0 Å². The van der Waals surface area contributed by atoms with Crippen LogP contribution in [0, 0.1) is 6.92 Å². The van der Waals surface area contributed by atoms with Crippen molar-refractivity contribution in [1.82, 2.24) is 19.2 Å². The molecule has 7 heteroatoms. The molecule has 7 nitrogen and oxygen atoms in total. The molecule has 4 rings (SSSR count). The molecule has 0 spiro atoms. The smallest absolute Gasteiger partial charge is 0.258 e. The molecule has 0 unspecified atom stereocenters. The summed E-state index contributed by atoms with van der Waals surface area (Å²) >= 11 is 0. The number of benzene rings is 1. The SMILES string of the molecule is COc1ccc(OCCN2CCN(Cc3cc(=O)n4c(C)cccc4n3)CC2)cc1. The monoisotopic (exact) mass is 408 g/mol. The third kappa shape index (κ3) is 4.80. The number of aromatic nitrogens is 2. The normalized spacial score (nSPS) is 15.4. The predicted molar refractivity (Wildman–Crippen MR) is 116 cm³/mol. The lowest BCUT2D eigenvalue weighted by atomic mass is 10.2. The molecule has 3 heterocycles. The van der Waals surface area contributed by atoms with Gasteiger partial charge in [-0.2, -0.15) is 0 Å². The Hall–Kier alpha value is -2.90. The predicted octanol–water partition coefficient (Wildman–Crippen LogP) is 2.21. The first kappa shape index (κ1) is 20.4. The average molecular weight is 409 g/mol. The lowest BCUT2D eigenvalue weighted by Crippen LogP contribution is -2.47. The van der Waals surface area contributed by atoms with Gasteiger partial charge in [-0.15, -0.1) is 0 Å². The number of pyridine rings is 1. The Labute approximate surface area is 176 Å². The summed E-state index contributed by atoms with van der Waals surface area (Å²) in [5.74, 6) is 1.69. The molecule has 1 aliphatic rings. The Balaban J connectivity index is 1.25. The lowest BCUT2D eigenvalue weighted by Gasteiger charge is -2.34.